The molecule has 0 bridgehead atoms. The maximum Gasteiger partial charge on any atom is 0.230 e. The standard InChI is InChI=1S/C18H25N3O2S/c1-3-21-16-9-5-4-8-15(16)20-18(21)13(2)19-17(22)12-24-11-14-7-6-10-23-14/h4-5,8-9,13-14H,3,6-7,10-12H2,1-2H3,(H,19,22)/t13-,14-/m1/s1. The van der Waals surface area contributed by atoms with Crippen molar-refractivity contribution < 1.29 is 9.53 Å². The zero-order chi connectivity index (χ0) is 16.9. The number of amides is 1. The predicted molar refractivity (Wildman–Crippen MR) is 98.3 cm³/mol. The summed E-state index contributed by atoms with van der Waals surface area (Å²) in [5.41, 5.74) is 2.09. The Morgan fingerprint density at radius 1 is 1.50 bits per heavy atom. The molecule has 5 nitrogen and oxygen atoms in total. The van der Waals surface area contributed by atoms with E-state index in [1.54, 1.807) is 11.8 Å². The van der Waals surface area contributed by atoms with Crippen molar-refractivity contribution in [2.45, 2.75) is 45.4 Å². The van der Waals surface area contributed by atoms with E-state index in [0.29, 0.717) is 11.9 Å². The summed E-state index contributed by atoms with van der Waals surface area (Å²) < 4.78 is 7.75. The lowest BCUT2D eigenvalue weighted by Gasteiger charge is -2.15. The van der Waals surface area contributed by atoms with Gasteiger partial charge in [-0.05, 0) is 38.8 Å². The van der Waals surface area contributed by atoms with E-state index in [-0.39, 0.29) is 11.9 Å². The topological polar surface area (TPSA) is 56.2 Å². The Hall–Kier alpha value is -1.53. The number of carbonyl (C=O) groups excluding carboxylic acids is 1. The first-order chi connectivity index (χ1) is 11.7. The summed E-state index contributed by atoms with van der Waals surface area (Å²) in [5.74, 6) is 2.34. The predicted octanol–water partition coefficient (Wildman–Crippen LogP) is 3.15. The number of para-hydroxylation sites is 2. The fraction of sp³-hybridized carbons (Fsp3) is 0.556. The van der Waals surface area contributed by atoms with Crippen molar-refractivity contribution in [3.63, 3.8) is 0 Å². The van der Waals surface area contributed by atoms with E-state index in [4.69, 9.17) is 9.72 Å². The SMILES string of the molecule is CCn1c([C@@H](C)NC(=O)CSC[C@H]2CCCO2)nc2ccccc21. The number of aryl methyl sites for hydroxylation is 1. The Morgan fingerprint density at radius 2 is 2.33 bits per heavy atom. The van der Waals surface area contributed by atoms with Gasteiger partial charge in [-0.25, -0.2) is 4.98 Å². The van der Waals surface area contributed by atoms with Crippen LogP contribution in [-0.4, -0.2) is 39.7 Å². The first kappa shape index (κ1) is 17.3. The zero-order valence-electron chi connectivity index (χ0n) is 14.3. The first-order valence-corrected chi connectivity index (χ1v) is 9.78. The van der Waals surface area contributed by atoms with Gasteiger partial charge in [0.15, 0.2) is 0 Å². The van der Waals surface area contributed by atoms with Gasteiger partial charge in [0, 0.05) is 18.9 Å². The van der Waals surface area contributed by atoms with Crippen LogP contribution in [0.5, 0.6) is 0 Å². The molecule has 0 unspecified atom stereocenters. The Morgan fingerprint density at radius 3 is 3.08 bits per heavy atom. The van der Waals surface area contributed by atoms with Gasteiger partial charge >= 0.3 is 0 Å². The normalized spacial score (nSPS) is 18.8. The summed E-state index contributed by atoms with van der Waals surface area (Å²) in [7, 11) is 0. The summed E-state index contributed by atoms with van der Waals surface area (Å²) in [6, 6.07) is 7.99. The number of imidazole rings is 1. The van der Waals surface area contributed by atoms with Crippen molar-refractivity contribution in [1.82, 2.24) is 14.9 Å². The number of fused-ring (bicyclic) bond motifs is 1. The molecular formula is C18H25N3O2S. The van der Waals surface area contributed by atoms with Crippen molar-refractivity contribution in [1.29, 1.82) is 0 Å². The van der Waals surface area contributed by atoms with Crippen LogP contribution in [0.3, 0.4) is 0 Å². The van der Waals surface area contributed by atoms with Crippen LogP contribution < -0.4 is 5.32 Å². The molecular weight excluding hydrogens is 322 g/mol. The van der Waals surface area contributed by atoms with Crippen molar-refractivity contribution >= 4 is 28.7 Å². The molecule has 130 valence electrons. The molecule has 2 atom stereocenters. The molecule has 2 aromatic rings. The molecule has 1 aliphatic rings. The number of rotatable bonds is 7. The molecule has 0 aliphatic carbocycles. The number of aromatic nitrogens is 2. The highest BCUT2D eigenvalue weighted by Crippen LogP contribution is 2.21. The van der Waals surface area contributed by atoms with Crippen LogP contribution in [0.1, 0.15) is 38.6 Å². The average Bonchev–Trinajstić information content (AvgIpc) is 3.21. The second-order valence-corrected chi connectivity index (χ2v) is 7.17. The minimum Gasteiger partial charge on any atom is -0.377 e. The largest absolute Gasteiger partial charge is 0.377 e. The van der Waals surface area contributed by atoms with Crippen molar-refractivity contribution in [3.8, 4) is 0 Å². The summed E-state index contributed by atoms with van der Waals surface area (Å²) >= 11 is 1.65. The highest BCUT2D eigenvalue weighted by molar-refractivity contribution is 7.99. The fourth-order valence-corrected chi connectivity index (χ4v) is 4.08. The number of nitrogens with one attached hydrogen (secondary N) is 1. The quantitative estimate of drug-likeness (QED) is 0.836. The lowest BCUT2D eigenvalue weighted by molar-refractivity contribution is -0.119. The van der Waals surface area contributed by atoms with Crippen molar-refractivity contribution in [3.05, 3.63) is 30.1 Å². The van der Waals surface area contributed by atoms with Gasteiger partial charge in [-0.3, -0.25) is 4.79 Å². The smallest absolute Gasteiger partial charge is 0.230 e. The highest BCUT2D eigenvalue weighted by Gasteiger charge is 2.19. The molecule has 1 N–H and O–H groups in total. The molecule has 0 spiro atoms. The Labute approximate surface area is 147 Å². The van der Waals surface area contributed by atoms with Crippen LogP contribution in [0.4, 0.5) is 0 Å². The number of nitrogens with zero attached hydrogens (tertiary/aromatic N) is 2. The lowest BCUT2D eigenvalue weighted by atomic mass is 10.3. The number of hydrogen-bond acceptors (Lipinski definition) is 4. The van der Waals surface area contributed by atoms with E-state index in [0.717, 1.165) is 48.6 Å². The van der Waals surface area contributed by atoms with Crippen LogP contribution in [0, 0.1) is 0 Å². The second kappa shape index (κ2) is 8.03. The van der Waals surface area contributed by atoms with Crippen LogP contribution in [0.2, 0.25) is 0 Å². The van der Waals surface area contributed by atoms with E-state index >= 15 is 0 Å². The summed E-state index contributed by atoms with van der Waals surface area (Å²) in [6.45, 7) is 5.80. The van der Waals surface area contributed by atoms with Gasteiger partial charge in [-0.1, -0.05) is 12.1 Å². The molecule has 0 radical (unpaired) electrons. The van der Waals surface area contributed by atoms with Gasteiger partial charge in [-0.2, -0.15) is 0 Å². The molecule has 1 aromatic heterocycles. The molecule has 1 aromatic carbocycles. The summed E-state index contributed by atoms with van der Waals surface area (Å²) in [6.07, 6.45) is 2.58. The van der Waals surface area contributed by atoms with E-state index in [2.05, 4.69) is 22.9 Å². The van der Waals surface area contributed by atoms with Gasteiger partial charge in [0.2, 0.25) is 5.91 Å². The lowest BCUT2D eigenvalue weighted by Crippen LogP contribution is -2.30. The van der Waals surface area contributed by atoms with Crippen LogP contribution in [0.15, 0.2) is 24.3 Å². The first-order valence-electron chi connectivity index (χ1n) is 8.63. The van der Waals surface area contributed by atoms with Crippen molar-refractivity contribution in [2.75, 3.05) is 18.1 Å². The Bertz CT molecular complexity index is 695. The van der Waals surface area contributed by atoms with Crippen LogP contribution in [0.25, 0.3) is 11.0 Å². The average molecular weight is 347 g/mol. The zero-order valence-corrected chi connectivity index (χ0v) is 15.1. The minimum absolute atomic E-state index is 0.0557. The maximum atomic E-state index is 12.2. The number of ether oxygens (including phenoxy) is 1. The van der Waals surface area contributed by atoms with Gasteiger partial charge < -0.3 is 14.6 Å². The van der Waals surface area contributed by atoms with Gasteiger partial charge in [0.1, 0.15) is 5.82 Å². The molecule has 1 aliphatic heterocycles. The molecule has 0 saturated carbocycles. The Kier molecular flexibility index (Phi) is 5.79. The van der Waals surface area contributed by atoms with Crippen LogP contribution >= 0.6 is 11.8 Å². The third-order valence-corrected chi connectivity index (χ3v) is 5.40. The second-order valence-electron chi connectivity index (χ2n) is 6.14. The van der Waals surface area contributed by atoms with Gasteiger partial charge in [-0.15, -0.1) is 11.8 Å². The maximum absolute atomic E-state index is 12.2. The Balaban J connectivity index is 1.57. The summed E-state index contributed by atoms with van der Waals surface area (Å²) in [4.78, 5) is 16.9. The molecule has 1 amide bonds. The monoisotopic (exact) mass is 347 g/mol. The fourth-order valence-electron chi connectivity index (χ4n) is 3.16. The van der Waals surface area contributed by atoms with Gasteiger partial charge in [0.25, 0.3) is 0 Å². The molecule has 2 heterocycles. The third kappa shape index (κ3) is 3.92. The van der Waals surface area contributed by atoms with E-state index in [1.807, 2.05) is 25.1 Å². The van der Waals surface area contributed by atoms with Crippen molar-refractivity contribution in [2.24, 2.45) is 0 Å². The molecule has 6 heteroatoms. The number of benzene rings is 1. The summed E-state index contributed by atoms with van der Waals surface area (Å²) in [5, 5.41) is 3.07. The number of carbonyl (C=O) groups is 1. The minimum atomic E-state index is -0.104. The van der Waals surface area contributed by atoms with E-state index in [1.165, 1.54) is 0 Å². The highest BCUT2D eigenvalue weighted by atomic mass is 32.2. The third-order valence-electron chi connectivity index (χ3n) is 4.33. The molecule has 3 rings (SSSR count). The van der Waals surface area contributed by atoms with E-state index < -0.39 is 0 Å². The van der Waals surface area contributed by atoms with E-state index in [9.17, 15) is 4.79 Å². The molecule has 24 heavy (non-hydrogen) atoms. The molecule has 1 saturated heterocycles. The molecule has 1 fully saturated rings. The van der Waals surface area contributed by atoms with Crippen LogP contribution in [-0.2, 0) is 16.1 Å². The van der Waals surface area contributed by atoms with Gasteiger partial charge in [0.05, 0.1) is 28.9 Å². The number of thioether (sulfide) groups is 1. The number of hydrogen-bond donors (Lipinski definition) is 1.